The number of carbonyl (C=O) groups excluding carboxylic acids is 1. The van der Waals surface area contributed by atoms with E-state index in [9.17, 15) is 17.6 Å². The Morgan fingerprint density at radius 2 is 1.69 bits per heavy atom. The zero-order chi connectivity index (χ0) is 27.4. The van der Waals surface area contributed by atoms with E-state index in [0.717, 1.165) is 28.0 Å². The summed E-state index contributed by atoms with van der Waals surface area (Å²) in [5.74, 6) is -0.501. The molecular formula is C31H28FN3O3S. The van der Waals surface area contributed by atoms with Gasteiger partial charge >= 0.3 is 0 Å². The molecule has 2 aliphatic rings. The molecule has 0 bridgehead atoms. The molecule has 2 aromatic heterocycles. The predicted molar refractivity (Wildman–Crippen MR) is 147 cm³/mol. The number of benzene rings is 2. The lowest BCUT2D eigenvalue weighted by Crippen LogP contribution is -2.45. The first kappa shape index (κ1) is 25.4. The van der Waals surface area contributed by atoms with Gasteiger partial charge in [-0.3, -0.25) is 9.78 Å². The van der Waals surface area contributed by atoms with Crippen LogP contribution in [-0.4, -0.2) is 34.2 Å². The normalized spacial score (nSPS) is 20.6. The van der Waals surface area contributed by atoms with E-state index >= 15 is 0 Å². The first-order valence-corrected chi connectivity index (χ1v) is 14.5. The quantitative estimate of drug-likeness (QED) is 0.296. The monoisotopic (exact) mass is 541 g/mol. The van der Waals surface area contributed by atoms with E-state index in [4.69, 9.17) is 0 Å². The Balaban J connectivity index is 1.45. The van der Waals surface area contributed by atoms with Crippen LogP contribution in [0.4, 0.5) is 4.39 Å². The number of fused-ring (bicyclic) bond motifs is 2. The smallest absolute Gasteiger partial charge is 0.191 e. The van der Waals surface area contributed by atoms with Crippen LogP contribution < -0.4 is 0 Å². The molecule has 0 amide bonds. The molecule has 198 valence electrons. The Morgan fingerprint density at radius 3 is 2.38 bits per heavy atom. The van der Waals surface area contributed by atoms with Gasteiger partial charge in [0.15, 0.2) is 15.6 Å². The number of halogens is 1. The summed E-state index contributed by atoms with van der Waals surface area (Å²) in [5.41, 5.74) is 4.48. The third-order valence-corrected chi connectivity index (χ3v) is 10.3. The molecule has 2 heterocycles. The average molecular weight is 542 g/mol. The molecule has 39 heavy (non-hydrogen) atoms. The van der Waals surface area contributed by atoms with Gasteiger partial charge in [-0.15, -0.1) is 0 Å². The minimum atomic E-state index is -3.67. The second kappa shape index (κ2) is 9.38. The number of hydrogen-bond acceptors (Lipinski definition) is 5. The van der Waals surface area contributed by atoms with E-state index in [0.29, 0.717) is 30.6 Å². The Kier molecular flexibility index (Phi) is 6.10. The van der Waals surface area contributed by atoms with Gasteiger partial charge in [0.1, 0.15) is 11.5 Å². The van der Waals surface area contributed by atoms with Gasteiger partial charge in [-0.05, 0) is 99.2 Å². The van der Waals surface area contributed by atoms with Gasteiger partial charge in [0.2, 0.25) is 0 Å². The molecule has 0 radical (unpaired) electrons. The van der Waals surface area contributed by atoms with Crippen LogP contribution in [0.25, 0.3) is 11.8 Å². The second-order valence-electron chi connectivity index (χ2n) is 10.6. The topological polar surface area (TPSA) is 81.9 Å². The SMILES string of the molecule is Cc1ccc(S(=O)(=O)[C@H]2CCC3=Cc4c(cnn4-c4ccc(F)cc4)C[C@]3(C(=O)c3ccc(C)cn3)C2)cc1. The average Bonchev–Trinajstić information content (AvgIpc) is 3.34. The number of ketones is 1. The van der Waals surface area contributed by atoms with Crippen molar-refractivity contribution in [3.8, 4) is 5.69 Å². The second-order valence-corrected chi connectivity index (χ2v) is 12.9. The number of allylic oxidation sites excluding steroid dienone is 1. The molecule has 2 aliphatic carbocycles. The fourth-order valence-corrected chi connectivity index (χ4v) is 7.72. The van der Waals surface area contributed by atoms with Gasteiger partial charge in [0, 0.05) is 6.20 Å². The van der Waals surface area contributed by atoms with E-state index in [2.05, 4.69) is 10.1 Å². The van der Waals surface area contributed by atoms with Gasteiger partial charge in [0.05, 0.1) is 33.1 Å². The van der Waals surface area contributed by atoms with E-state index in [-0.39, 0.29) is 22.9 Å². The molecule has 0 saturated heterocycles. The number of carbonyl (C=O) groups is 1. The largest absolute Gasteiger partial charge is 0.291 e. The number of nitrogens with zero attached hydrogens (tertiary/aromatic N) is 3. The molecule has 0 N–H and O–H groups in total. The molecule has 0 aliphatic heterocycles. The standard InChI is InChI=1S/C31H28FN3O3S/c1-20-3-11-26(12-4-20)39(37,38)27-13-6-23-15-29-22(19-34-35(29)25-9-7-24(32)8-10-25)16-31(23,17-27)30(36)28-14-5-21(2)18-33-28/h3-5,7-12,14-15,18-19,27H,6,13,16-17H2,1-2H3/t27-,31-/m0/s1. The van der Waals surface area contributed by atoms with Crippen LogP contribution in [0.1, 0.15) is 52.1 Å². The number of sulfone groups is 1. The fourth-order valence-electron chi connectivity index (χ4n) is 5.88. The van der Waals surface area contributed by atoms with Gasteiger partial charge < -0.3 is 0 Å². The van der Waals surface area contributed by atoms with Crippen molar-refractivity contribution in [2.75, 3.05) is 0 Å². The van der Waals surface area contributed by atoms with Crippen LogP contribution in [0.2, 0.25) is 0 Å². The number of rotatable bonds is 5. The van der Waals surface area contributed by atoms with Crippen LogP contribution in [0.5, 0.6) is 0 Å². The van der Waals surface area contributed by atoms with Crippen molar-refractivity contribution in [2.45, 2.75) is 49.7 Å². The Labute approximate surface area is 227 Å². The number of pyridine rings is 1. The number of aryl methyl sites for hydroxylation is 2. The summed E-state index contributed by atoms with van der Waals surface area (Å²) >= 11 is 0. The maximum absolute atomic E-state index is 14.3. The maximum Gasteiger partial charge on any atom is 0.191 e. The van der Waals surface area contributed by atoms with Gasteiger partial charge in [-0.1, -0.05) is 29.3 Å². The lowest BCUT2D eigenvalue weighted by atomic mass is 9.61. The molecule has 1 saturated carbocycles. The first-order valence-electron chi connectivity index (χ1n) is 13.0. The fraction of sp³-hybridized carbons (Fsp3) is 0.258. The van der Waals surface area contributed by atoms with Gasteiger partial charge in [0.25, 0.3) is 0 Å². The molecule has 2 atom stereocenters. The molecule has 1 fully saturated rings. The maximum atomic E-state index is 14.3. The van der Waals surface area contributed by atoms with Crippen LogP contribution in [0.15, 0.2) is 83.5 Å². The number of hydrogen-bond donors (Lipinski definition) is 0. The lowest BCUT2D eigenvalue weighted by molar-refractivity contribution is 0.0796. The van der Waals surface area contributed by atoms with E-state index in [1.54, 1.807) is 59.5 Å². The van der Waals surface area contributed by atoms with Crippen LogP contribution in [0.3, 0.4) is 0 Å². The minimum Gasteiger partial charge on any atom is -0.291 e. The van der Waals surface area contributed by atoms with Crippen molar-refractivity contribution in [1.82, 2.24) is 14.8 Å². The highest BCUT2D eigenvalue weighted by Crippen LogP contribution is 2.51. The highest BCUT2D eigenvalue weighted by atomic mass is 32.2. The highest BCUT2D eigenvalue weighted by molar-refractivity contribution is 7.92. The predicted octanol–water partition coefficient (Wildman–Crippen LogP) is 5.86. The molecular weight excluding hydrogens is 513 g/mol. The molecule has 4 aromatic rings. The summed E-state index contributed by atoms with van der Waals surface area (Å²) in [6, 6.07) is 16.6. The minimum absolute atomic E-state index is 0.169. The van der Waals surface area contributed by atoms with Crippen LogP contribution in [-0.2, 0) is 16.3 Å². The summed E-state index contributed by atoms with van der Waals surface area (Å²) in [6.07, 6.45) is 6.74. The number of Topliss-reactive ketones (excluding diaryl/α,β-unsaturated/α-hetero) is 1. The number of aromatic nitrogens is 3. The molecule has 0 spiro atoms. The van der Waals surface area contributed by atoms with Crippen molar-refractivity contribution in [3.05, 3.63) is 113 Å². The van der Waals surface area contributed by atoms with E-state index in [1.165, 1.54) is 12.1 Å². The van der Waals surface area contributed by atoms with Crippen molar-refractivity contribution < 1.29 is 17.6 Å². The first-order chi connectivity index (χ1) is 18.7. The Morgan fingerprint density at radius 1 is 0.974 bits per heavy atom. The van der Waals surface area contributed by atoms with Crippen molar-refractivity contribution >= 4 is 21.7 Å². The van der Waals surface area contributed by atoms with Gasteiger partial charge in [-0.2, -0.15) is 5.10 Å². The summed E-state index contributed by atoms with van der Waals surface area (Å²) in [4.78, 5) is 19.0. The lowest BCUT2D eigenvalue weighted by Gasteiger charge is -2.43. The molecule has 8 heteroatoms. The molecule has 6 rings (SSSR count). The Bertz CT molecular complexity index is 1710. The van der Waals surface area contributed by atoms with E-state index < -0.39 is 20.5 Å². The molecule has 2 aromatic carbocycles. The van der Waals surface area contributed by atoms with Crippen LogP contribution in [0, 0.1) is 25.1 Å². The zero-order valence-corrected chi connectivity index (χ0v) is 22.6. The third kappa shape index (κ3) is 4.33. The van der Waals surface area contributed by atoms with Crippen molar-refractivity contribution in [3.63, 3.8) is 0 Å². The van der Waals surface area contributed by atoms with Gasteiger partial charge in [-0.25, -0.2) is 17.5 Å². The summed E-state index contributed by atoms with van der Waals surface area (Å²) in [7, 11) is -3.67. The van der Waals surface area contributed by atoms with Crippen LogP contribution >= 0.6 is 0 Å². The van der Waals surface area contributed by atoms with Crippen molar-refractivity contribution in [1.29, 1.82) is 0 Å². The molecule has 6 nitrogen and oxygen atoms in total. The highest BCUT2D eigenvalue weighted by Gasteiger charge is 2.52. The van der Waals surface area contributed by atoms with Crippen molar-refractivity contribution in [2.24, 2.45) is 5.41 Å². The zero-order valence-electron chi connectivity index (χ0n) is 21.8. The third-order valence-electron chi connectivity index (χ3n) is 8.05. The summed E-state index contributed by atoms with van der Waals surface area (Å²) in [6.45, 7) is 3.83. The Hall–Kier alpha value is -3.91. The summed E-state index contributed by atoms with van der Waals surface area (Å²) in [5, 5.41) is 3.85. The molecule has 0 unspecified atom stereocenters. The van der Waals surface area contributed by atoms with E-state index in [1.807, 2.05) is 26.0 Å². The summed E-state index contributed by atoms with van der Waals surface area (Å²) < 4.78 is 42.9.